The van der Waals surface area contributed by atoms with Crippen molar-refractivity contribution >= 4 is 115 Å². The Bertz CT molecular complexity index is 5500. The summed E-state index contributed by atoms with van der Waals surface area (Å²) in [5.41, 5.74) is 22.5. The summed E-state index contributed by atoms with van der Waals surface area (Å²) in [5, 5.41) is 10.6. The van der Waals surface area contributed by atoms with E-state index < -0.39 is 16.1 Å². The van der Waals surface area contributed by atoms with E-state index in [9.17, 15) is 0 Å². The molecule has 0 spiro atoms. The van der Waals surface area contributed by atoms with E-state index in [0.717, 1.165) is 45.3 Å². The lowest BCUT2D eigenvalue weighted by atomic mass is 9.33. The number of hydrogen-bond donors (Lipinski definition) is 0. The van der Waals surface area contributed by atoms with Crippen LogP contribution in [0.5, 0.6) is 0 Å². The predicted molar refractivity (Wildman–Crippen MR) is 447 cm³/mol. The van der Waals surface area contributed by atoms with Gasteiger partial charge in [0.05, 0.1) is 11.4 Å². The van der Waals surface area contributed by atoms with Crippen LogP contribution in [-0.2, 0) is 10.8 Å². The molecule has 0 aromatic heterocycles. The van der Waals surface area contributed by atoms with Crippen LogP contribution in [-0.4, -0.2) is 22.9 Å². The highest BCUT2D eigenvalue weighted by Gasteiger charge is 2.50. The average Bonchev–Trinajstić information content (AvgIpc) is 0.685. The number of rotatable bonds is 14. The molecule has 15 aromatic carbocycles. The molecule has 103 heavy (non-hydrogen) atoms. The Hall–Kier alpha value is -11.6. The Balaban J connectivity index is 1.05. The first kappa shape index (κ1) is 64.8. The SMILES string of the molecule is CC(C)(C)c1cc(-c2ccccc2)cc([Si](c2ccccc2)(c2ccccc2)c2ccc3c(c2)B2c4ccccc4N(c4ccc(C(C)(C)C)cc4-c4ccccc4)c4cc([Si](c5ccccc5)(c5ccccc5)c5cccc(-c6ccccc6)c5)cc(c42)N3c2ccccc2-c2ccccc2)c1. The molecule has 0 bridgehead atoms. The van der Waals surface area contributed by atoms with Crippen LogP contribution >= 0.6 is 0 Å². The fourth-order valence-electron chi connectivity index (χ4n) is 16.9. The Kier molecular flexibility index (Phi) is 16.6. The minimum Gasteiger partial charge on any atom is -0.311 e. The molecule has 17 rings (SSSR count). The van der Waals surface area contributed by atoms with E-state index in [0.29, 0.717) is 0 Å². The van der Waals surface area contributed by atoms with Crippen LogP contribution in [0.25, 0.3) is 44.5 Å². The fraction of sp³-hybridized carbons (Fsp3) is 0.0816. The number of para-hydroxylation sites is 2. The summed E-state index contributed by atoms with van der Waals surface area (Å²) in [5.74, 6) is 0. The number of nitrogens with zero attached hydrogens (tertiary/aromatic N) is 2. The van der Waals surface area contributed by atoms with Gasteiger partial charge in [-0.1, -0.05) is 381 Å². The number of fused-ring (bicyclic) bond motifs is 4. The van der Waals surface area contributed by atoms with Crippen molar-refractivity contribution < 1.29 is 0 Å². The molecule has 0 unspecified atom stereocenters. The van der Waals surface area contributed by atoms with Crippen LogP contribution in [0.3, 0.4) is 0 Å². The monoisotopic (exact) mass is 1350 g/mol. The van der Waals surface area contributed by atoms with Crippen LogP contribution in [0.4, 0.5) is 34.1 Å². The summed E-state index contributed by atoms with van der Waals surface area (Å²) in [6, 6.07) is 147. The molecular weight excluding hydrogens is 1270 g/mol. The molecule has 2 nitrogen and oxygen atoms in total. The maximum atomic E-state index is 2.71. The molecular formula is C98H81BN2Si2. The van der Waals surface area contributed by atoms with E-state index in [1.165, 1.54) is 102 Å². The number of hydrogen-bond acceptors (Lipinski definition) is 2. The van der Waals surface area contributed by atoms with Crippen molar-refractivity contribution in [2.24, 2.45) is 0 Å². The summed E-state index contributed by atoms with van der Waals surface area (Å²) in [4.78, 5) is 5.38. The number of benzene rings is 15. The van der Waals surface area contributed by atoms with E-state index in [4.69, 9.17) is 0 Å². The van der Waals surface area contributed by atoms with Crippen molar-refractivity contribution in [2.45, 2.75) is 52.4 Å². The van der Waals surface area contributed by atoms with Gasteiger partial charge in [0, 0.05) is 33.9 Å². The maximum absolute atomic E-state index is 3.44. The van der Waals surface area contributed by atoms with Crippen LogP contribution in [0, 0.1) is 0 Å². The molecule has 494 valence electrons. The van der Waals surface area contributed by atoms with E-state index >= 15 is 0 Å². The van der Waals surface area contributed by atoms with Crippen molar-refractivity contribution in [3.63, 3.8) is 0 Å². The molecule has 0 atom stereocenters. The van der Waals surface area contributed by atoms with Gasteiger partial charge in [-0.15, -0.1) is 0 Å². The van der Waals surface area contributed by atoms with Gasteiger partial charge in [0.25, 0.3) is 6.71 Å². The van der Waals surface area contributed by atoms with Gasteiger partial charge in [0.2, 0.25) is 0 Å². The molecule has 0 N–H and O–H groups in total. The predicted octanol–water partition coefficient (Wildman–Crippen LogP) is 17.8. The quantitative estimate of drug-likeness (QED) is 0.0791. The van der Waals surface area contributed by atoms with Crippen LogP contribution in [0.15, 0.2) is 382 Å². The molecule has 15 aromatic rings. The van der Waals surface area contributed by atoms with Crippen LogP contribution in [0.1, 0.15) is 52.7 Å². The van der Waals surface area contributed by atoms with Crippen molar-refractivity contribution in [1.82, 2.24) is 0 Å². The minimum absolute atomic E-state index is 0.125. The summed E-state index contributed by atoms with van der Waals surface area (Å²) in [6.07, 6.45) is 0. The largest absolute Gasteiger partial charge is 0.311 e. The van der Waals surface area contributed by atoms with Crippen molar-refractivity contribution in [1.29, 1.82) is 0 Å². The third-order valence-corrected chi connectivity index (χ3v) is 31.3. The zero-order valence-corrected chi connectivity index (χ0v) is 61.3. The average molecular weight is 1350 g/mol. The summed E-state index contributed by atoms with van der Waals surface area (Å²) in [7, 11) is -6.79. The van der Waals surface area contributed by atoms with Gasteiger partial charge in [-0.3, -0.25) is 0 Å². The second-order valence-corrected chi connectivity index (χ2v) is 37.5. The molecule has 0 saturated carbocycles. The smallest absolute Gasteiger partial charge is 0.252 e. The van der Waals surface area contributed by atoms with E-state index in [2.05, 4.69) is 434 Å². The Labute approximate surface area is 610 Å². The normalized spacial score (nSPS) is 12.7. The lowest BCUT2D eigenvalue weighted by Gasteiger charge is -2.47. The minimum atomic E-state index is -3.44. The maximum Gasteiger partial charge on any atom is 0.252 e. The highest BCUT2D eigenvalue weighted by Crippen LogP contribution is 2.49. The van der Waals surface area contributed by atoms with E-state index in [1.807, 2.05) is 0 Å². The third-order valence-electron chi connectivity index (χ3n) is 21.8. The van der Waals surface area contributed by atoms with Gasteiger partial charge in [-0.2, -0.15) is 0 Å². The summed E-state index contributed by atoms with van der Waals surface area (Å²) in [6.45, 7) is 13.9. The first-order valence-electron chi connectivity index (χ1n) is 36.3. The molecule has 2 aliphatic rings. The fourth-order valence-corrected chi connectivity index (χ4v) is 26.5. The third kappa shape index (κ3) is 11.3. The van der Waals surface area contributed by atoms with Gasteiger partial charge in [-0.25, -0.2) is 0 Å². The van der Waals surface area contributed by atoms with Crippen molar-refractivity contribution in [3.05, 3.63) is 393 Å². The molecule has 0 saturated heterocycles. The number of anilines is 6. The first-order chi connectivity index (χ1) is 50.4. The highest BCUT2D eigenvalue weighted by molar-refractivity contribution is 7.21. The van der Waals surface area contributed by atoms with E-state index in [1.54, 1.807) is 0 Å². The Morgan fingerprint density at radius 3 is 1.10 bits per heavy atom. The van der Waals surface area contributed by atoms with Gasteiger partial charge < -0.3 is 9.80 Å². The van der Waals surface area contributed by atoms with Gasteiger partial charge in [0.1, 0.15) is 0 Å². The Morgan fingerprint density at radius 1 is 0.214 bits per heavy atom. The molecule has 0 amide bonds. The van der Waals surface area contributed by atoms with Crippen molar-refractivity contribution in [3.8, 4) is 44.5 Å². The zero-order chi connectivity index (χ0) is 69.9. The summed E-state index contributed by atoms with van der Waals surface area (Å²) < 4.78 is 0. The lowest BCUT2D eigenvalue weighted by Crippen LogP contribution is -2.76. The lowest BCUT2D eigenvalue weighted by molar-refractivity contribution is 0.590. The molecule has 0 aliphatic carbocycles. The molecule has 2 aliphatic heterocycles. The second kappa shape index (κ2) is 26.4. The Morgan fingerprint density at radius 2 is 0.583 bits per heavy atom. The highest BCUT2D eigenvalue weighted by atomic mass is 28.3. The van der Waals surface area contributed by atoms with E-state index in [-0.39, 0.29) is 17.5 Å². The first-order valence-corrected chi connectivity index (χ1v) is 40.3. The molecule has 2 heterocycles. The van der Waals surface area contributed by atoms with Gasteiger partial charge in [-0.05, 0) is 156 Å². The van der Waals surface area contributed by atoms with Gasteiger partial charge in [0.15, 0.2) is 16.1 Å². The summed E-state index contributed by atoms with van der Waals surface area (Å²) >= 11 is 0. The standard InChI is InChI=1S/C98H81BN2Si2/c1-97(2,3)76-58-60-91(87(66-76)73-42-21-10-22-43-73)101-92-57-34-32-55-88(92)99-89-67-83(103(80-49-27-13-28-50-80,81-51-29-14-30-52-81)84-64-75(71-38-17-8-18-39-71)62-77(65-84)98(4,5)6)59-61-93(89)100(90-56-33-31-54-86(90)72-40-19-9-20-41-72)94-68-85(69-95(101)96(94)99)102(78-45-23-11-24-46-78,79-47-25-12-26-48-79)82-53-35-44-74(63-82)70-36-15-7-16-37-70/h7-69H,1-6H3. The van der Waals surface area contributed by atoms with Crippen LogP contribution in [0.2, 0.25) is 0 Å². The van der Waals surface area contributed by atoms with Crippen LogP contribution < -0.4 is 67.7 Å². The zero-order valence-electron chi connectivity index (χ0n) is 59.3. The van der Waals surface area contributed by atoms with Gasteiger partial charge >= 0.3 is 0 Å². The molecule has 5 heteroatoms. The molecule has 0 radical (unpaired) electrons. The second-order valence-electron chi connectivity index (χ2n) is 29.9. The van der Waals surface area contributed by atoms with Crippen molar-refractivity contribution in [2.75, 3.05) is 9.80 Å². The topological polar surface area (TPSA) is 6.48 Å². The molecule has 0 fully saturated rings.